The van der Waals surface area contributed by atoms with Crippen LogP contribution in [0.4, 0.5) is 23.5 Å². The molecule has 4 rings (SSSR count). The van der Waals surface area contributed by atoms with Gasteiger partial charge in [0.15, 0.2) is 5.82 Å². The minimum atomic E-state index is -4.35. The van der Waals surface area contributed by atoms with Crippen LogP contribution in [-0.2, 0) is 14.3 Å². The maximum atomic E-state index is 13.9. The highest BCUT2D eigenvalue weighted by atomic mass is 19.4. The van der Waals surface area contributed by atoms with Gasteiger partial charge in [0.2, 0.25) is 5.95 Å². The number of ether oxygens (including phenoxy) is 2. The molecule has 2 unspecified atom stereocenters. The minimum absolute atomic E-state index is 0.000000000000000444. The van der Waals surface area contributed by atoms with E-state index in [1.54, 1.807) is 0 Å². The number of carbonyl (C=O) groups excluding carboxylic acids is 1. The van der Waals surface area contributed by atoms with Crippen molar-refractivity contribution in [1.29, 1.82) is 0 Å². The number of alkyl halides is 3. The molecule has 0 spiro atoms. The number of pyridine rings is 1. The monoisotopic (exact) mass is 511 g/mol. The van der Waals surface area contributed by atoms with Crippen molar-refractivity contribution >= 4 is 17.4 Å². The molecule has 0 bridgehead atoms. The number of esters is 1. The molecule has 1 fully saturated rings. The number of rotatable bonds is 5. The SMILES string of the molecule is CC(C)CC(=O)OC1CCCOC1.CC(c1ccc(-c2cc(F)c3cnc(N)nn23)nc1)C(F)(F)F. The molecule has 36 heavy (non-hydrogen) atoms. The van der Waals surface area contributed by atoms with Crippen LogP contribution in [0.25, 0.3) is 16.9 Å². The number of hydrogen-bond donors (Lipinski definition) is 1. The van der Waals surface area contributed by atoms with Crippen molar-refractivity contribution in [3.8, 4) is 11.4 Å². The third kappa shape index (κ3) is 7.12. The largest absolute Gasteiger partial charge is 0.460 e. The summed E-state index contributed by atoms with van der Waals surface area (Å²) in [6, 6.07) is 3.87. The summed E-state index contributed by atoms with van der Waals surface area (Å²) in [5.74, 6) is -1.99. The summed E-state index contributed by atoms with van der Waals surface area (Å²) < 4.78 is 63.6. The van der Waals surface area contributed by atoms with Gasteiger partial charge in [-0.25, -0.2) is 13.9 Å². The number of carbonyl (C=O) groups is 1. The number of nitrogens with zero attached hydrogens (tertiary/aromatic N) is 4. The third-order valence-electron chi connectivity index (χ3n) is 5.52. The molecule has 0 aromatic carbocycles. The lowest BCUT2D eigenvalue weighted by Crippen LogP contribution is -2.28. The third-order valence-corrected chi connectivity index (χ3v) is 5.52. The van der Waals surface area contributed by atoms with Gasteiger partial charge in [0.25, 0.3) is 0 Å². The number of aromatic nitrogens is 4. The highest BCUT2D eigenvalue weighted by Crippen LogP contribution is 2.34. The van der Waals surface area contributed by atoms with Gasteiger partial charge < -0.3 is 15.2 Å². The van der Waals surface area contributed by atoms with E-state index in [4.69, 9.17) is 15.2 Å². The lowest BCUT2D eigenvalue weighted by Gasteiger charge is -2.22. The van der Waals surface area contributed by atoms with Crippen LogP contribution in [0.5, 0.6) is 0 Å². The van der Waals surface area contributed by atoms with Crippen LogP contribution in [-0.4, -0.2) is 51.0 Å². The maximum Gasteiger partial charge on any atom is 0.395 e. The average Bonchev–Trinajstić information content (AvgIpc) is 3.14. The summed E-state index contributed by atoms with van der Waals surface area (Å²) in [4.78, 5) is 18.9. The Morgan fingerprint density at radius 1 is 1.25 bits per heavy atom. The van der Waals surface area contributed by atoms with Crippen molar-refractivity contribution < 1.29 is 31.8 Å². The van der Waals surface area contributed by atoms with Crippen LogP contribution >= 0.6 is 0 Å². The molecule has 0 saturated carbocycles. The van der Waals surface area contributed by atoms with E-state index in [1.165, 1.54) is 28.9 Å². The summed E-state index contributed by atoms with van der Waals surface area (Å²) >= 11 is 0. The first-order valence-electron chi connectivity index (χ1n) is 11.6. The van der Waals surface area contributed by atoms with E-state index in [9.17, 15) is 22.4 Å². The Hall–Kier alpha value is -3.28. The number of fused-ring (bicyclic) bond motifs is 1. The van der Waals surface area contributed by atoms with Crippen LogP contribution in [0.15, 0.2) is 30.6 Å². The molecule has 1 aliphatic heterocycles. The van der Waals surface area contributed by atoms with Gasteiger partial charge in [-0.3, -0.25) is 9.78 Å². The molecular formula is C24H29F4N5O3. The zero-order valence-electron chi connectivity index (χ0n) is 20.3. The minimum Gasteiger partial charge on any atom is -0.460 e. The molecule has 0 amide bonds. The molecule has 2 atom stereocenters. The first-order chi connectivity index (χ1) is 17.0. The predicted molar refractivity (Wildman–Crippen MR) is 124 cm³/mol. The van der Waals surface area contributed by atoms with Gasteiger partial charge in [-0.1, -0.05) is 19.9 Å². The van der Waals surface area contributed by atoms with Crippen LogP contribution in [0.1, 0.15) is 51.5 Å². The second-order valence-corrected chi connectivity index (χ2v) is 8.96. The standard InChI is InChI=1S/C14H11F4N5.C10H18O3/c1-7(14(16,17)18)8-2-3-10(20-5-8)11-4-9(15)12-6-21-13(19)22-23(11)12;1-8(2)6-10(11)13-9-4-3-5-12-7-9/h2-7H,1H3,(H2,19,22);8-9H,3-7H2,1-2H3. The van der Waals surface area contributed by atoms with E-state index < -0.39 is 17.9 Å². The Morgan fingerprint density at radius 3 is 2.58 bits per heavy atom. The van der Waals surface area contributed by atoms with Crippen LogP contribution < -0.4 is 5.73 Å². The van der Waals surface area contributed by atoms with Crippen molar-refractivity contribution in [2.24, 2.45) is 5.92 Å². The topological polar surface area (TPSA) is 105 Å². The summed E-state index contributed by atoms with van der Waals surface area (Å²) in [5, 5.41) is 3.89. The van der Waals surface area contributed by atoms with E-state index in [-0.39, 0.29) is 40.5 Å². The van der Waals surface area contributed by atoms with Gasteiger partial charge in [-0.2, -0.15) is 13.2 Å². The van der Waals surface area contributed by atoms with Gasteiger partial charge in [-0.15, -0.1) is 5.10 Å². The predicted octanol–water partition coefficient (Wildman–Crippen LogP) is 4.93. The molecule has 0 radical (unpaired) electrons. The van der Waals surface area contributed by atoms with Crippen molar-refractivity contribution in [2.75, 3.05) is 18.9 Å². The average molecular weight is 512 g/mol. The molecular weight excluding hydrogens is 482 g/mol. The highest BCUT2D eigenvalue weighted by Gasteiger charge is 2.37. The Morgan fingerprint density at radius 2 is 2.00 bits per heavy atom. The fraction of sp³-hybridized carbons (Fsp3) is 0.500. The summed E-state index contributed by atoms with van der Waals surface area (Å²) in [6.45, 7) is 6.45. The highest BCUT2D eigenvalue weighted by molar-refractivity contribution is 5.69. The lowest BCUT2D eigenvalue weighted by atomic mass is 10.0. The Kier molecular flexibility index (Phi) is 8.83. The van der Waals surface area contributed by atoms with E-state index in [0.29, 0.717) is 18.9 Å². The number of halogens is 4. The quantitative estimate of drug-likeness (QED) is 0.382. The van der Waals surface area contributed by atoms with E-state index in [0.717, 1.165) is 32.6 Å². The van der Waals surface area contributed by atoms with Crippen molar-refractivity contribution in [2.45, 2.75) is 58.2 Å². The van der Waals surface area contributed by atoms with Crippen LogP contribution in [0.3, 0.4) is 0 Å². The Labute approximate surface area is 205 Å². The summed E-state index contributed by atoms with van der Waals surface area (Å²) in [6.07, 6.45) is 0.454. The Balaban J connectivity index is 0.000000236. The van der Waals surface area contributed by atoms with Gasteiger partial charge in [0.05, 0.1) is 30.1 Å². The second kappa shape index (κ2) is 11.6. The molecule has 4 heterocycles. The molecule has 196 valence electrons. The zero-order chi connectivity index (χ0) is 26.5. The number of hydrogen-bond acceptors (Lipinski definition) is 7. The van der Waals surface area contributed by atoms with E-state index in [2.05, 4.69) is 15.1 Å². The molecule has 8 nitrogen and oxygen atoms in total. The molecule has 0 aliphatic carbocycles. The number of nitrogens with two attached hydrogens (primary N) is 1. The van der Waals surface area contributed by atoms with Gasteiger partial charge in [-0.05, 0) is 37.3 Å². The molecule has 12 heteroatoms. The van der Waals surface area contributed by atoms with Gasteiger partial charge in [0, 0.05) is 25.3 Å². The van der Waals surface area contributed by atoms with E-state index >= 15 is 0 Å². The van der Waals surface area contributed by atoms with Crippen LogP contribution in [0.2, 0.25) is 0 Å². The first kappa shape index (κ1) is 27.3. The van der Waals surface area contributed by atoms with Gasteiger partial charge >= 0.3 is 12.1 Å². The van der Waals surface area contributed by atoms with Crippen molar-refractivity contribution in [3.63, 3.8) is 0 Å². The molecule has 3 aromatic rings. The summed E-state index contributed by atoms with van der Waals surface area (Å²) in [5.41, 5.74) is 6.16. The summed E-state index contributed by atoms with van der Waals surface area (Å²) in [7, 11) is 0. The molecule has 2 N–H and O–H groups in total. The fourth-order valence-electron chi connectivity index (χ4n) is 3.52. The number of nitrogen functional groups attached to an aromatic ring is 1. The molecule has 3 aromatic heterocycles. The molecule has 1 saturated heterocycles. The molecule has 1 aliphatic rings. The first-order valence-corrected chi connectivity index (χ1v) is 11.6. The smallest absolute Gasteiger partial charge is 0.395 e. The Bertz CT molecular complexity index is 1160. The van der Waals surface area contributed by atoms with Crippen LogP contribution in [0, 0.1) is 11.7 Å². The van der Waals surface area contributed by atoms with Gasteiger partial charge in [0.1, 0.15) is 11.6 Å². The van der Waals surface area contributed by atoms with E-state index in [1.807, 2.05) is 13.8 Å². The maximum absolute atomic E-state index is 13.9. The van der Waals surface area contributed by atoms with Crippen molar-refractivity contribution in [3.05, 3.63) is 42.0 Å². The fourth-order valence-corrected chi connectivity index (χ4v) is 3.52. The zero-order valence-corrected chi connectivity index (χ0v) is 20.3. The number of anilines is 1. The second-order valence-electron chi connectivity index (χ2n) is 8.96. The lowest BCUT2D eigenvalue weighted by molar-refractivity contribution is -0.156. The normalized spacial score (nSPS) is 16.9. The van der Waals surface area contributed by atoms with Crippen molar-refractivity contribution in [1.82, 2.24) is 19.6 Å².